The van der Waals surface area contributed by atoms with Gasteiger partial charge in [0.1, 0.15) is 0 Å². The Hall–Kier alpha value is -0.490. The second kappa shape index (κ2) is 7.73. The minimum atomic E-state index is 0.355. The molecule has 88 valence electrons. The van der Waals surface area contributed by atoms with Crippen molar-refractivity contribution in [3.63, 3.8) is 0 Å². The summed E-state index contributed by atoms with van der Waals surface area (Å²) in [5, 5.41) is 6.45. The Morgan fingerprint density at radius 3 is 2.94 bits per heavy atom. The zero-order valence-corrected chi connectivity index (χ0v) is 11.4. The summed E-state index contributed by atoms with van der Waals surface area (Å²) >= 11 is 7.88. The van der Waals surface area contributed by atoms with E-state index in [1.807, 2.05) is 18.4 Å². The molecule has 0 saturated heterocycles. The van der Waals surface area contributed by atoms with Crippen molar-refractivity contribution in [2.45, 2.75) is 39.2 Å². The topological polar surface area (TPSA) is 12.0 Å². The quantitative estimate of drug-likeness (QED) is 0.750. The summed E-state index contributed by atoms with van der Waals surface area (Å²) in [6, 6.07) is 2.32. The average Bonchev–Trinajstić information content (AvgIpc) is 2.70. The van der Waals surface area contributed by atoms with Gasteiger partial charge < -0.3 is 5.32 Å². The van der Waals surface area contributed by atoms with Crippen molar-refractivity contribution in [3.05, 3.63) is 21.3 Å². The summed E-state index contributed by atoms with van der Waals surface area (Å²) in [6.07, 6.45) is 3.09. The summed E-state index contributed by atoms with van der Waals surface area (Å²) in [4.78, 5) is 1.24. The molecular weight excluding hydrogens is 238 g/mol. The molecule has 0 radical (unpaired) electrons. The van der Waals surface area contributed by atoms with Crippen LogP contribution in [0.3, 0.4) is 0 Å². The minimum Gasteiger partial charge on any atom is -0.309 e. The number of halogens is 1. The van der Waals surface area contributed by atoms with Gasteiger partial charge in [0.05, 0.1) is 5.02 Å². The van der Waals surface area contributed by atoms with Crippen molar-refractivity contribution in [2.75, 3.05) is 6.54 Å². The first-order valence-electron chi connectivity index (χ1n) is 5.65. The van der Waals surface area contributed by atoms with Crippen molar-refractivity contribution >= 4 is 22.9 Å². The highest BCUT2D eigenvalue weighted by molar-refractivity contribution is 7.10. The van der Waals surface area contributed by atoms with Crippen LogP contribution in [-0.2, 0) is 0 Å². The molecule has 1 heterocycles. The Kier molecular flexibility index (Phi) is 6.56. The lowest BCUT2D eigenvalue weighted by molar-refractivity contribution is 0.512. The molecule has 0 fully saturated rings. The highest BCUT2D eigenvalue weighted by atomic mass is 35.5. The first-order valence-corrected chi connectivity index (χ1v) is 6.91. The van der Waals surface area contributed by atoms with Gasteiger partial charge in [-0.2, -0.15) is 0 Å². The smallest absolute Gasteiger partial charge is 0.0561 e. The van der Waals surface area contributed by atoms with E-state index < -0.39 is 0 Å². The maximum Gasteiger partial charge on any atom is 0.0561 e. The Morgan fingerprint density at radius 2 is 2.38 bits per heavy atom. The van der Waals surface area contributed by atoms with E-state index in [1.54, 1.807) is 11.3 Å². The molecule has 1 atom stereocenters. The summed E-state index contributed by atoms with van der Waals surface area (Å²) in [7, 11) is 0. The highest BCUT2D eigenvalue weighted by Crippen LogP contribution is 2.31. The normalized spacial score (nSPS) is 11.9. The van der Waals surface area contributed by atoms with Crippen molar-refractivity contribution in [1.82, 2.24) is 5.32 Å². The third kappa shape index (κ3) is 4.17. The fraction of sp³-hybridized carbons (Fsp3) is 0.538. The molecule has 0 aliphatic heterocycles. The molecule has 1 rings (SSSR count). The highest BCUT2D eigenvalue weighted by Gasteiger charge is 2.14. The van der Waals surface area contributed by atoms with E-state index >= 15 is 0 Å². The number of nitrogens with one attached hydrogen (secondary N) is 1. The van der Waals surface area contributed by atoms with Crippen LogP contribution in [-0.4, -0.2) is 6.54 Å². The zero-order valence-electron chi connectivity index (χ0n) is 9.85. The van der Waals surface area contributed by atoms with E-state index in [-0.39, 0.29) is 0 Å². The Labute approximate surface area is 107 Å². The van der Waals surface area contributed by atoms with E-state index in [9.17, 15) is 0 Å². The largest absolute Gasteiger partial charge is 0.309 e. The molecule has 1 unspecified atom stereocenters. The molecule has 0 spiro atoms. The van der Waals surface area contributed by atoms with E-state index in [1.165, 1.54) is 4.88 Å². The van der Waals surface area contributed by atoms with E-state index in [0.29, 0.717) is 6.04 Å². The minimum absolute atomic E-state index is 0.355. The van der Waals surface area contributed by atoms with Crippen molar-refractivity contribution in [3.8, 4) is 11.8 Å². The maximum atomic E-state index is 6.16. The van der Waals surface area contributed by atoms with Gasteiger partial charge in [-0.25, -0.2) is 0 Å². The third-order valence-electron chi connectivity index (χ3n) is 2.34. The van der Waals surface area contributed by atoms with Crippen LogP contribution < -0.4 is 5.32 Å². The predicted molar refractivity (Wildman–Crippen MR) is 73.0 cm³/mol. The molecule has 0 amide bonds. The maximum absolute atomic E-state index is 6.16. The van der Waals surface area contributed by atoms with Gasteiger partial charge in [-0.15, -0.1) is 23.2 Å². The van der Waals surface area contributed by atoms with Gasteiger partial charge in [0.15, 0.2) is 0 Å². The van der Waals surface area contributed by atoms with Gasteiger partial charge >= 0.3 is 0 Å². The second-order valence-electron chi connectivity index (χ2n) is 3.60. The van der Waals surface area contributed by atoms with Crippen LogP contribution in [0.4, 0.5) is 0 Å². The molecule has 0 saturated carbocycles. The number of thiophene rings is 1. The molecule has 0 bridgehead atoms. The summed E-state index contributed by atoms with van der Waals surface area (Å²) in [5.41, 5.74) is 0. The lowest BCUT2D eigenvalue weighted by atomic mass is 10.1. The van der Waals surface area contributed by atoms with Crippen LogP contribution in [0.1, 0.15) is 44.0 Å². The van der Waals surface area contributed by atoms with Crippen molar-refractivity contribution < 1.29 is 0 Å². The SMILES string of the molecule is CC#CCCC(NCCC)c1sccc1Cl. The summed E-state index contributed by atoms with van der Waals surface area (Å²) in [5.74, 6) is 6.04. The monoisotopic (exact) mass is 255 g/mol. The molecule has 16 heavy (non-hydrogen) atoms. The van der Waals surface area contributed by atoms with Gasteiger partial charge in [0.25, 0.3) is 0 Å². The first-order chi connectivity index (χ1) is 7.79. The Balaban J connectivity index is 2.62. The third-order valence-corrected chi connectivity index (χ3v) is 3.81. The Bertz CT molecular complexity index is 361. The lowest BCUT2D eigenvalue weighted by Crippen LogP contribution is -2.21. The van der Waals surface area contributed by atoms with Crippen LogP contribution in [0, 0.1) is 11.8 Å². The standard InChI is InChI=1S/C13H18ClNS/c1-3-5-6-7-12(15-9-4-2)13-11(14)8-10-16-13/h8,10,12,15H,4,6-7,9H2,1-2H3. The van der Waals surface area contributed by atoms with Gasteiger partial charge in [-0.1, -0.05) is 18.5 Å². The molecule has 0 aromatic carbocycles. The van der Waals surface area contributed by atoms with Gasteiger partial charge in [0.2, 0.25) is 0 Å². The molecular formula is C13H18ClNS. The fourth-order valence-electron chi connectivity index (χ4n) is 1.54. The van der Waals surface area contributed by atoms with Crippen LogP contribution in [0.15, 0.2) is 11.4 Å². The van der Waals surface area contributed by atoms with Gasteiger partial charge in [-0.05, 0) is 37.8 Å². The van der Waals surface area contributed by atoms with Crippen LogP contribution in [0.5, 0.6) is 0 Å². The molecule has 1 aromatic heterocycles. The molecule has 1 nitrogen and oxygen atoms in total. The Morgan fingerprint density at radius 1 is 1.56 bits per heavy atom. The lowest BCUT2D eigenvalue weighted by Gasteiger charge is -2.16. The molecule has 1 N–H and O–H groups in total. The molecule has 3 heteroatoms. The van der Waals surface area contributed by atoms with E-state index in [2.05, 4.69) is 24.1 Å². The molecule has 0 aliphatic carbocycles. The fourth-order valence-corrected chi connectivity index (χ4v) is 2.84. The number of hydrogen-bond donors (Lipinski definition) is 1. The van der Waals surface area contributed by atoms with Crippen LogP contribution >= 0.6 is 22.9 Å². The van der Waals surface area contributed by atoms with E-state index in [4.69, 9.17) is 11.6 Å². The van der Waals surface area contributed by atoms with Gasteiger partial charge in [-0.3, -0.25) is 0 Å². The van der Waals surface area contributed by atoms with Crippen molar-refractivity contribution in [2.24, 2.45) is 0 Å². The zero-order chi connectivity index (χ0) is 11.8. The second-order valence-corrected chi connectivity index (χ2v) is 4.96. The molecule has 0 aliphatic rings. The summed E-state index contributed by atoms with van der Waals surface area (Å²) < 4.78 is 0. The molecule has 1 aromatic rings. The van der Waals surface area contributed by atoms with Crippen molar-refractivity contribution in [1.29, 1.82) is 0 Å². The van der Waals surface area contributed by atoms with Crippen LogP contribution in [0.2, 0.25) is 5.02 Å². The predicted octanol–water partition coefficient (Wildman–Crippen LogP) is 4.25. The number of hydrogen-bond acceptors (Lipinski definition) is 2. The number of rotatable bonds is 6. The average molecular weight is 256 g/mol. The summed E-state index contributed by atoms with van der Waals surface area (Å²) in [6.45, 7) is 5.08. The van der Waals surface area contributed by atoms with Gasteiger partial charge in [0, 0.05) is 17.3 Å². The van der Waals surface area contributed by atoms with E-state index in [0.717, 1.165) is 30.8 Å². The van der Waals surface area contributed by atoms with Crippen LogP contribution in [0.25, 0.3) is 0 Å². The first kappa shape index (κ1) is 13.6.